The van der Waals surface area contributed by atoms with E-state index >= 15 is 0 Å². The molecule has 5 heteroatoms. The molecule has 0 bridgehead atoms. The maximum atomic E-state index is 12.7. The van der Waals surface area contributed by atoms with Crippen LogP contribution < -0.4 is 4.90 Å². The van der Waals surface area contributed by atoms with Gasteiger partial charge in [0.05, 0.1) is 11.3 Å². The molecule has 2 atom stereocenters. The molecule has 4 rings (SSSR count). The van der Waals surface area contributed by atoms with Crippen molar-refractivity contribution in [3.8, 4) is 6.07 Å². The largest absolute Gasteiger partial charge is 0.367 e. The standard InChI is InChI=1S/C20H20N4O/c21-13-15-4-1-2-6-19(15)23-8-10-24(11-9-23)20(25)18-12-17(18)16-5-3-7-22-14-16/h1-7,14,17-18H,8-12H2/t17-,18+/m0/s1. The second kappa shape index (κ2) is 6.56. The average Bonchev–Trinajstić information content (AvgIpc) is 3.49. The summed E-state index contributed by atoms with van der Waals surface area (Å²) < 4.78 is 0. The normalized spacial score (nSPS) is 22.4. The summed E-state index contributed by atoms with van der Waals surface area (Å²) in [4.78, 5) is 21.1. The van der Waals surface area contributed by atoms with Crippen LogP contribution in [0.3, 0.4) is 0 Å². The molecule has 25 heavy (non-hydrogen) atoms. The highest BCUT2D eigenvalue weighted by Crippen LogP contribution is 2.48. The lowest BCUT2D eigenvalue weighted by Gasteiger charge is -2.36. The van der Waals surface area contributed by atoms with Crippen LogP contribution in [-0.4, -0.2) is 42.0 Å². The number of nitrogens with zero attached hydrogens (tertiary/aromatic N) is 4. The molecule has 5 nitrogen and oxygen atoms in total. The van der Waals surface area contributed by atoms with Crippen molar-refractivity contribution in [1.29, 1.82) is 5.26 Å². The number of pyridine rings is 1. The van der Waals surface area contributed by atoms with Crippen LogP contribution in [0.2, 0.25) is 0 Å². The smallest absolute Gasteiger partial charge is 0.226 e. The van der Waals surface area contributed by atoms with Gasteiger partial charge in [0.1, 0.15) is 6.07 Å². The number of para-hydroxylation sites is 1. The number of carbonyl (C=O) groups is 1. The molecule has 1 aromatic heterocycles. The maximum Gasteiger partial charge on any atom is 0.226 e. The molecule has 0 N–H and O–H groups in total. The Hall–Kier alpha value is -2.87. The predicted octanol–water partition coefficient (Wildman–Crippen LogP) is 2.41. The zero-order valence-electron chi connectivity index (χ0n) is 14.0. The van der Waals surface area contributed by atoms with Gasteiger partial charge in [-0.05, 0) is 36.1 Å². The van der Waals surface area contributed by atoms with Crippen molar-refractivity contribution in [3.63, 3.8) is 0 Å². The third kappa shape index (κ3) is 3.08. The number of hydrogen-bond donors (Lipinski definition) is 0. The molecule has 2 heterocycles. The fourth-order valence-electron chi connectivity index (χ4n) is 3.68. The van der Waals surface area contributed by atoms with Crippen molar-refractivity contribution in [1.82, 2.24) is 9.88 Å². The van der Waals surface area contributed by atoms with Gasteiger partial charge in [-0.15, -0.1) is 0 Å². The molecular formula is C20H20N4O. The number of hydrogen-bond acceptors (Lipinski definition) is 4. The van der Waals surface area contributed by atoms with Crippen LogP contribution in [0.25, 0.3) is 0 Å². The second-order valence-corrected chi connectivity index (χ2v) is 6.68. The van der Waals surface area contributed by atoms with Crippen molar-refractivity contribution in [3.05, 3.63) is 59.9 Å². The Labute approximate surface area is 147 Å². The van der Waals surface area contributed by atoms with E-state index < -0.39 is 0 Å². The summed E-state index contributed by atoms with van der Waals surface area (Å²) in [7, 11) is 0. The fourth-order valence-corrected chi connectivity index (χ4v) is 3.68. The van der Waals surface area contributed by atoms with Gasteiger partial charge in [0.15, 0.2) is 0 Å². The molecule has 1 amide bonds. The first-order valence-corrected chi connectivity index (χ1v) is 8.70. The Balaban J connectivity index is 1.37. The first-order valence-electron chi connectivity index (χ1n) is 8.70. The number of amides is 1. The van der Waals surface area contributed by atoms with Gasteiger partial charge in [-0.2, -0.15) is 5.26 Å². The minimum absolute atomic E-state index is 0.113. The number of benzene rings is 1. The summed E-state index contributed by atoms with van der Waals surface area (Å²) in [5, 5.41) is 9.26. The van der Waals surface area contributed by atoms with E-state index in [4.69, 9.17) is 0 Å². The Morgan fingerprint density at radius 1 is 1.12 bits per heavy atom. The monoisotopic (exact) mass is 332 g/mol. The molecule has 0 unspecified atom stereocenters. The van der Waals surface area contributed by atoms with Crippen LogP contribution in [0, 0.1) is 17.2 Å². The number of anilines is 1. The number of piperazine rings is 1. The molecule has 1 aromatic carbocycles. The van der Waals surface area contributed by atoms with Gasteiger partial charge < -0.3 is 9.80 Å². The third-order valence-electron chi connectivity index (χ3n) is 5.18. The van der Waals surface area contributed by atoms with Crippen LogP contribution in [0.4, 0.5) is 5.69 Å². The predicted molar refractivity (Wildman–Crippen MR) is 95.0 cm³/mol. The molecular weight excluding hydrogens is 312 g/mol. The Kier molecular flexibility index (Phi) is 4.10. The Morgan fingerprint density at radius 2 is 1.92 bits per heavy atom. The van der Waals surface area contributed by atoms with Crippen LogP contribution in [-0.2, 0) is 4.79 Å². The first-order chi connectivity index (χ1) is 12.3. The minimum Gasteiger partial charge on any atom is -0.367 e. The molecule has 2 fully saturated rings. The van der Waals surface area contributed by atoms with Crippen molar-refractivity contribution in [2.75, 3.05) is 31.1 Å². The summed E-state index contributed by atoms with van der Waals surface area (Å²) in [6.45, 7) is 2.98. The lowest BCUT2D eigenvalue weighted by Crippen LogP contribution is -2.49. The highest BCUT2D eigenvalue weighted by atomic mass is 16.2. The van der Waals surface area contributed by atoms with Gasteiger partial charge in [-0.3, -0.25) is 9.78 Å². The number of nitriles is 1. The fraction of sp³-hybridized carbons (Fsp3) is 0.350. The van der Waals surface area contributed by atoms with Gasteiger partial charge in [-0.25, -0.2) is 0 Å². The molecule has 1 aliphatic heterocycles. The lowest BCUT2D eigenvalue weighted by atomic mass is 10.1. The van der Waals surface area contributed by atoms with E-state index in [1.807, 2.05) is 41.4 Å². The summed E-state index contributed by atoms with van der Waals surface area (Å²) in [5.74, 6) is 0.711. The lowest BCUT2D eigenvalue weighted by molar-refractivity contribution is -0.132. The number of rotatable bonds is 3. The third-order valence-corrected chi connectivity index (χ3v) is 5.18. The van der Waals surface area contributed by atoms with E-state index in [9.17, 15) is 10.1 Å². The maximum absolute atomic E-state index is 12.7. The van der Waals surface area contributed by atoms with Crippen molar-refractivity contribution < 1.29 is 4.79 Å². The van der Waals surface area contributed by atoms with Crippen LogP contribution in [0.5, 0.6) is 0 Å². The minimum atomic E-state index is 0.113. The molecule has 1 saturated carbocycles. The van der Waals surface area contributed by atoms with E-state index in [1.165, 1.54) is 5.56 Å². The summed E-state index contributed by atoms with van der Waals surface area (Å²) in [6, 6.07) is 13.9. The van der Waals surface area contributed by atoms with E-state index in [0.29, 0.717) is 11.5 Å². The van der Waals surface area contributed by atoms with Crippen molar-refractivity contribution >= 4 is 11.6 Å². The van der Waals surface area contributed by atoms with Gasteiger partial charge in [-0.1, -0.05) is 18.2 Å². The SMILES string of the molecule is N#Cc1ccccc1N1CCN(C(=O)[C@@H]2C[C@H]2c2cccnc2)CC1. The van der Waals surface area contributed by atoms with Crippen LogP contribution >= 0.6 is 0 Å². The van der Waals surface area contributed by atoms with Crippen molar-refractivity contribution in [2.24, 2.45) is 5.92 Å². The van der Waals surface area contributed by atoms with Gasteiger partial charge in [0, 0.05) is 44.5 Å². The van der Waals surface area contributed by atoms with E-state index in [0.717, 1.165) is 38.3 Å². The van der Waals surface area contributed by atoms with Crippen LogP contribution in [0.15, 0.2) is 48.8 Å². The summed E-state index contributed by atoms with van der Waals surface area (Å²) >= 11 is 0. The zero-order chi connectivity index (χ0) is 17.2. The average molecular weight is 332 g/mol. The van der Waals surface area contributed by atoms with Gasteiger partial charge in [0.25, 0.3) is 0 Å². The zero-order valence-corrected chi connectivity index (χ0v) is 14.0. The topological polar surface area (TPSA) is 60.2 Å². The summed E-state index contributed by atoms with van der Waals surface area (Å²) in [6.07, 6.45) is 4.57. The van der Waals surface area contributed by atoms with Gasteiger partial charge in [0.2, 0.25) is 5.91 Å². The van der Waals surface area contributed by atoms with E-state index in [2.05, 4.69) is 22.0 Å². The molecule has 2 aromatic rings. The molecule has 2 aliphatic rings. The quantitative estimate of drug-likeness (QED) is 0.866. The van der Waals surface area contributed by atoms with Gasteiger partial charge >= 0.3 is 0 Å². The highest BCUT2D eigenvalue weighted by molar-refractivity contribution is 5.83. The van der Waals surface area contributed by atoms with Crippen molar-refractivity contribution in [2.45, 2.75) is 12.3 Å². The summed E-state index contributed by atoms with van der Waals surface area (Å²) in [5.41, 5.74) is 2.83. The Bertz CT molecular complexity index is 806. The first kappa shape index (κ1) is 15.6. The molecule has 0 radical (unpaired) electrons. The second-order valence-electron chi connectivity index (χ2n) is 6.68. The number of carbonyl (C=O) groups excluding carboxylic acids is 1. The number of aromatic nitrogens is 1. The highest BCUT2D eigenvalue weighted by Gasteiger charge is 2.46. The van der Waals surface area contributed by atoms with Crippen LogP contribution in [0.1, 0.15) is 23.5 Å². The van der Waals surface area contributed by atoms with E-state index in [-0.39, 0.29) is 11.8 Å². The van der Waals surface area contributed by atoms with E-state index in [1.54, 1.807) is 6.20 Å². The molecule has 1 saturated heterocycles. The Morgan fingerprint density at radius 3 is 2.64 bits per heavy atom. The molecule has 0 spiro atoms. The molecule has 1 aliphatic carbocycles. The molecule has 126 valence electrons.